The standard InChI is InChI=1S/C17H20ClNO/c1-3-17(12-20,14-7-9-15(18)10-8-14)19-16-6-4-5-13(2)11-16/h4-11,19-20H,3,12H2,1-2H3. The highest BCUT2D eigenvalue weighted by molar-refractivity contribution is 6.30. The van der Waals surface area contributed by atoms with E-state index in [1.54, 1.807) is 0 Å². The van der Waals surface area contributed by atoms with Gasteiger partial charge in [-0.05, 0) is 48.7 Å². The molecule has 0 heterocycles. The first-order valence-corrected chi connectivity index (χ1v) is 7.19. The zero-order valence-corrected chi connectivity index (χ0v) is 12.6. The maximum absolute atomic E-state index is 9.93. The van der Waals surface area contributed by atoms with Gasteiger partial charge in [0.2, 0.25) is 0 Å². The lowest BCUT2D eigenvalue weighted by atomic mass is 9.87. The van der Waals surface area contributed by atoms with E-state index in [0.717, 1.165) is 17.7 Å². The average Bonchev–Trinajstić information content (AvgIpc) is 2.46. The Morgan fingerprint density at radius 1 is 1.15 bits per heavy atom. The van der Waals surface area contributed by atoms with Gasteiger partial charge in [0.25, 0.3) is 0 Å². The molecule has 2 aromatic rings. The molecule has 2 rings (SSSR count). The minimum atomic E-state index is -0.488. The van der Waals surface area contributed by atoms with Gasteiger partial charge in [0.1, 0.15) is 0 Å². The van der Waals surface area contributed by atoms with Crippen molar-refractivity contribution in [2.75, 3.05) is 11.9 Å². The van der Waals surface area contributed by atoms with Crippen LogP contribution < -0.4 is 5.32 Å². The zero-order valence-electron chi connectivity index (χ0n) is 11.9. The van der Waals surface area contributed by atoms with Crippen molar-refractivity contribution < 1.29 is 5.11 Å². The monoisotopic (exact) mass is 289 g/mol. The van der Waals surface area contributed by atoms with E-state index in [4.69, 9.17) is 11.6 Å². The van der Waals surface area contributed by atoms with E-state index in [0.29, 0.717) is 5.02 Å². The summed E-state index contributed by atoms with van der Waals surface area (Å²) in [6.07, 6.45) is 0.777. The van der Waals surface area contributed by atoms with Gasteiger partial charge in [-0.3, -0.25) is 0 Å². The van der Waals surface area contributed by atoms with Crippen molar-refractivity contribution in [2.45, 2.75) is 25.8 Å². The molecular weight excluding hydrogens is 270 g/mol. The van der Waals surface area contributed by atoms with Gasteiger partial charge in [0, 0.05) is 10.7 Å². The smallest absolute Gasteiger partial charge is 0.0854 e. The Morgan fingerprint density at radius 2 is 1.85 bits per heavy atom. The topological polar surface area (TPSA) is 32.3 Å². The molecule has 1 unspecified atom stereocenters. The summed E-state index contributed by atoms with van der Waals surface area (Å²) in [7, 11) is 0. The summed E-state index contributed by atoms with van der Waals surface area (Å²) in [5.41, 5.74) is 2.75. The van der Waals surface area contributed by atoms with Crippen LogP contribution in [0.4, 0.5) is 5.69 Å². The molecule has 106 valence electrons. The first-order chi connectivity index (χ1) is 9.59. The average molecular weight is 290 g/mol. The van der Waals surface area contributed by atoms with Gasteiger partial charge in [0.15, 0.2) is 0 Å². The first kappa shape index (κ1) is 14.9. The molecule has 0 aromatic heterocycles. The van der Waals surface area contributed by atoms with E-state index in [1.165, 1.54) is 5.56 Å². The Kier molecular flexibility index (Phi) is 4.69. The summed E-state index contributed by atoms with van der Waals surface area (Å²) in [6.45, 7) is 4.15. The highest BCUT2D eigenvalue weighted by Gasteiger charge is 2.29. The molecule has 0 aliphatic heterocycles. The van der Waals surface area contributed by atoms with E-state index in [1.807, 2.05) is 36.4 Å². The molecule has 2 nitrogen and oxygen atoms in total. The number of halogens is 1. The van der Waals surface area contributed by atoms with E-state index in [9.17, 15) is 5.11 Å². The van der Waals surface area contributed by atoms with Gasteiger partial charge >= 0.3 is 0 Å². The van der Waals surface area contributed by atoms with E-state index in [2.05, 4.69) is 31.3 Å². The Hall–Kier alpha value is -1.51. The minimum Gasteiger partial charge on any atom is -0.394 e. The number of anilines is 1. The molecule has 0 spiro atoms. The molecule has 0 saturated heterocycles. The third-order valence-corrected chi connectivity index (χ3v) is 3.92. The molecule has 0 bridgehead atoms. The minimum absolute atomic E-state index is 0.0269. The summed E-state index contributed by atoms with van der Waals surface area (Å²) in [5, 5.41) is 14.1. The van der Waals surface area contributed by atoms with Crippen LogP contribution in [0.1, 0.15) is 24.5 Å². The second kappa shape index (κ2) is 6.29. The van der Waals surface area contributed by atoms with Crippen LogP contribution in [-0.2, 0) is 5.54 Å². The lowest BCUT2D eigenvalue weighted by molar-refractivity contribution is 0.207. The van der Waals surface area contributed by atoms with Crippen molar-refractivity contribution in [3.05, 3.63) is 64.7 Å². The molecule has 20 heavy (non-hydrogen) atoms. The van der Waals surface area contributed by atoms with Crippen LogP contribution in [0.15, 0.2) is 48.5 Å². The van der Waals surface area contributed by atoms with Crippen molar-refractivity contribution >= 4 is 17.3 Å². The number of benzene rings is 2. The van der Waals surface area contributed by atoms with Crippen molar-refractivity contribution in [3.63, 3.8) is 0 Å². The molecule has 0 radical (unpaired) electrons. The van der Waals surface area contributed by atoms with Crippen molar-refractivity contribution in [3.8, 4) is 0 Å². The van der Waals surface area contributed by atoms with Gasteiger partial charge in [0.05, 0.1) is 12.1 Å². The molecule has 0 fully saturated rings. The van der Waals surface area contributed by atoms with Crippen LogP contribution in [-0.4, -0.2) is 11.7 Å². The quantitative estimate of drug-likeness (QED) is 0.857. The second-order valence-corrected chi connectivity index (χ2v) is 5.53. The SMILES string of the molecule is CCC(CO)(Nc1cccc(C)c1)c1ccc(Cl)cc1. The third-order valence-electron chi connectivity index (χ3n) is 3.67. The lowest BCUT2D eigenvalue weighted by Crippen LogP contribution is -2.38. The molecule has 3 heteroatoms. The molecule has 1 atom stereocenters. The van der Waals surface area contributed by atoms with Gasteiger partial charge in [-0.25, -0.2) is 0 Å². The second-order valence-electron chi connectivity index (χ2n) is 5.10. The number of aliphatic hydroxyl groups excluding tert-OH is 1. The van der Waals surface area contributed by atoms with Gasteiger partial charge in [-0.1, -0.05) is 42.8 Å². The molecule has 2 aromatic carbocycles. The molecule has 0 amide bonds. The molecule has 2 N–H and O–H groups in total. The number of hydrogen-bond donors (Lipinski definition) is 2. The molecular formula is C17H20ClNO. The zero-order chi connectivity index (χ0) is 14.6. The van der Waals surface area contributed by atoms with Gasteiger partial charge in [-0.2, -0.15) is 0 Å². The first-order valence-electron chi connectivity index (χ1n) is 6.81. The third kappa shape index (κ3) is 3.14. The summed E-state index contributed by atoms with van der Waals surface area (Å²) in [4.78, 5) is 0. The summed E-state index contributed by atoms with van der Waals surface area (Å²) in [6, 6.07) is 15.8. The van der Waals surface area contributed by atoms with E-state index in [-0.39, 0.29) is 6.61 Å². The predicted octanol–water partition coefficient (Wildman–Crippen LogP) is 4.36. The summed E-state index contributed by atoms with van der Waals surface area (Å²) < 4.78 is 0. The molecule has 0 aliphatic rings. The van der Waals surface area contributed by atoms with Gasteiger partial charge < -0.3 is 10.4 Å². The lowest BCUT2D eigenvalue weighted by Gasteiger charge is -2.34. The Morgan fingerprint density at radius 3 is 2.40 bits per heavy atom. The van der Waals surface area contributed by atoms with Crippen LogP contribution >= 0.6 is 11.6 Å². The van der Waals surface area contributed by atoms with Gasteiger partial charge in [-0.15, -0.1) is 0 Å². The molecule has 0 saturated carbocycles. The Labute approximate surface area is 125 Å². The Bertz CT molecular complexity index is 561. The number of aryl methyl sites for hydroxylation is 1. The van der Waals surface area contributed by atoms with E-state index < -0.39 is 5.54 Å². The fourth-order valence-electron chi connectivity index (χ4n) is 2.38. The largest absolute Gasteiger partial charge is 0.394 e. The van der Waals surface area contributed by atoms with Crippen LogP contribution in [0.3, 0.4) is 0 Å². The number of rotatable bonds is 5. The van der Waals surface area contributed by atoms with Crippen molar-refractivity contribution in [1.29, 1.82) is 0 Å². The van der Waals surface area contributed by atoms with Crippen LogP contribution in [0.2, 0.25) is 5.02 Å². The van der Waals surface area contributed by atoms with Crippen molar-refractivity contribution in [1.82, 2.24) is 0 Å². The summed E-state index contributed by atoms with van der Waals surface area (Å²) >= 11 is 5.95. The summed E-state index contributed by atoms with van der Waals surface area (Å²) in [5.74, 6) is 0. The normalized spacial score (nSPS) is 13.8. The van der Waals surface area contributed by atoms with Crippen molar-refractivity contribution in [2.24, 2.45) is 0 Å². The molecule has 0 aliphatic carbocycles. The Balaban J connectivity index is 2.36. The fourth-order valence-corrected chi connectivity index (χ4v) is 2.50. The highest BCUT2D eigenvalue weighted by atomic mass is 35.5. The highest BCUT2D eigenvalue weighted by Crippen LogP contribution is 2.30. The number of hydrogen-bond acceptors (Lipinski definition) is 2. The van der Waals surface area contributed by atoms with Crippen LogP contribution in [0, 0.1) is 6.92 Å². The maximum atomic E-state index is 9.93. The predicted molar refractivity (Wildman–Crippen MR) is 85.3 cm³/mol. The van der Waals surface area contributed by atoms with E-state index >= 15 is 0 Å². The van der Waals surface area contributed by atoms with Crippen LogP contribution in [0.25, 0.3) is 0 Å². The number of nitrogens with one attached hydrogen (secondary N) is 1. The van der Waals surface area contributed by atoms with Crippen LogP contribution in [0.5, 0.6) is 0 Å². The maximum Gasteiger partial charge on any atom is 0.0854 e. The fraction of sp³-hybridized carbons (Fsp3) is 0.294. The number of aliphatic hydroxyl groups is 1.